The summed E-state index contributed by atoms with van der Waals surface area (Å²) >= 11 is 0. The Bertz CT molecular complexity index is 1100. The zero-order chi connectivity index (χ0) is 19.8. The van der Waals surface area contributed by atoms with E-state index in [0.29, 0.717) is 11.5 Å². The maximum atomic E-state index is 13.1. The lowest BCUT2D eigenvalue weighted by atomic mass is 9.99. The average Bonchev–Trinajstić information content (AvgIpc) is 3.43. The van der Waals surface area contributed by atoms with Crippen molar-refractivity contribution >= 4 is 11.9 Å². The molecule has 2 aliphatic rings. The minimum atomic E-state index is -1.68. The third-order valence-electron chi connectivity index (χ3n) is 5.30. The fourth-order valence-corrected chi connectivity index (χ4v) is 3.81. The first-order valence-corrected chi connectivity index (χ1v) is 9.45. The van der Waals surface area contributed by atoms with Crippen LogP contribution >= 0.6 is 0 Å². The molecule has 1 aliphatic carbocycles. The Morgan fingerprint density at radius 3 is 2.83 bits per heavy atom. The van der Waals surface area contributed by atoms with Crippen molar-refractivity contribution in [3.8, 4) is 11.5 Å². The lowest BCUT2D eigenvalue weighted by Crippen LogP contribution is -2.60. The van der Waals surface area contributed by atoms with Crippen LogP contribution in [0.4, 0.5) is 0 Å². The molecule has 5 rings (SSSR count). The van der Waals surface area contributed by atoms with Crippen LogP contribution in [0.15, 0.2) is 48.5 Å². The number of nitrogens with one attached hydrogen (secondary N) is 1. The lowest BCUT2D eigenvalue weighted by Gasteiger charge is -2.38. The van der Waals surface area contributed by atoms with Crippen molar-refractivity contribution in [3.05, 3.63) is 71.1 Å². The van der Waals surface area contributed by atoms with Gasteiger partial charge < -0.3 is 9.47 Å². The molecule has 146 valence electrons. The number of ether oxygens (including phenoxy) is 2. The molecule has 0 fully saturated rings. The van der Waals surface area contributed by atoms with Crippen molar-refractivity contribution in [3.63, 3.8) is 0 Å². The van der Waals surface area contributed by atoms with Crippen LogP contribution in [0.2, 0.25) is 0 Å². The number of fused-ring (bicyclic) bond motifs is 2. The van der Waals surface area contributed by atoms with Crippen molar-refractivity contribution in [1.82, 2.24) is 20.6 Å². The number of ketones is 1. The van der Waals surface area contributed by atoms with Gasteiger partial charge in [0.2, 0.25) is 17.7 Å². The molecule has 2 atom stereocenters. The summed E-state index contributed by atoms with van der Waals surface area (Å²) in [5, 5.41) is 13.5. The van der Waals surface area contributed by atoms with Gasteiger partial charge in [0.05, 0.1) is 0 Å². The number of rotatable bonds is 4. The summed E-state index contributed by atoms with van der Waals surface area (Å²) in [6.45, 7) is 0. The molecular formula is C21H19N5O3. The van der Waals surface area contributed by atoms with Crippen molar-refractivity contribution in [2.45, 2.75) is 31.1 Å². The van der Waals surface area contributed by atoms with Crippen LogP contribution in [-0.2, 0) is 23.4 Å². The van der Waals surface area contributed by atoms with Gasteiger partial charge in [-0.05, 0) is 64.6 Å². The summed E-state index contributed by atoms with van der Waals surface area (Å²) in [5.74, 6) is 0.610. The fraction of sp³-hybridized carbons (Fsp3) is 0.238. The molecule has 0 spiro atoms. The van der Waals surface area contributed by atoms with Gasteiger partial charge in [-0.1, -0.05) is 36.4 Å². The summed E-state index contributed by atoms with van der Waals surface area (Å²) in [6, 6.07) is 13.3. The van der Waals surface area contributed by atoms with Gasteiger partial charge in [-0.25, -0.2) is 5.10 Å². The van der Waals surface area contributed by atoms with E-state index >= 15 is 0 Å². The highest BCUT2D eigenvalue weighted by Gasteiger charge is 2.51. The quantitative estimate of drug-likeness (QED) is 0.655. The third-order valence-corrected chi connectivity index (χ3v) is 5.30. The Balaban J connectivity index is 1.46. The Labute approximate surface area is 166 Å². The molecule has 0 amide bonds. The monoisotopic (exact) mass is 389 g/mol. The number of aromatic amines is 1. The predicted molar refractivity (Wildman–Crippen MR) is 104 cm³/mol. The van der Waals surface area contributed by atoms with Crippen molar-refractivity contribution in [2.75, 3.05) is 0 Å². The first-order valence-electron chi connectivity index (χ1n) is 9.45. The maximum absolute atomic E-state index is 13.1. The molecule has 1 aliphatic heterocycles. The summed E-state index contributed by atoms with van der Waals surface area (Å²) < 4.78 is 11.9. The van der Waals surface area contributed by atoms with Gasteiger partial charge in [0, 0.05) is 0 Å². The minimum absolute atomic E-state index is 0.108. The Morgan fingerprint density at radius 1 is 1.17 bits per heavy atom. The molecular weight excluding hydrogens is 370 g/mol. The Hall–Kier alpha value is -3.52. The second-order valence-electron chi connectivity index (χ2n) is 7.21. The van der Waals surface area contributed by atoms with Gasteiger partial charge in [0.25, 0.3) is 5.72 Å². The number of para-hydroxylation sites is 2. The van der Waals surface area contributed by atoms with Gasteiger partial charge in [0.15, 0.2) is 11.5 Å². The van der Waals surface area contributed by atoms with E-state index in [-0.39, 0.29) is 11.6 Å². The number of carbonyl (C=O) groups excluding carboxylic acids is 1. The Morgan fingerprint density at radius 2 is 2.00 bits per heavy atom. The number of hydrogen-bond donors (Lipinski definition) is 2. The van der Waals surface area contributed by atoms with Crippen molar-refractivity contribution in [1.29, 1.82) is 0 Å². The number of nitrogens with zero attached hydrogens (tertiary/aromatic N) is 3. The van der Waals surface area contributed by atoms with Crippen molar-refractivity contribution in [2.24, 2.45) is 5.73 Å². The summed E-state index contributed by atoms with van der Waals surface area (Å²) in [6.07, 6.45) is 5.44. The molecule has 0 bridgehead atoms. The molecule has 29 heavy (non-hydrogen) atoms. The van der Waals surface area contributed by atoms with E-state index in [9.17, 15) is 4.79 Å². The molecule has 0 saturated heterocycles. The predicted octanol–water partition coefficient (Wildman–Crippen LogP) is 1.92. The first kappa shape index (κ1) is 17.6. The van der Waals surface area contributed by atoms with Crippen LogP contribution in [0, 0.1) is 0 Å². The van der Waals surface area contributed by atoms with Crippen LogP contribution in [0.3, 0.4) is 0 Å². The van der Waals surface area contributed by atoms with Crippen LogP contribution in [0.5, 0.6) is 11.5 Å². The number of aryl methyl sites for hydroxylation is 2. The van der Waals surface area contributed by atoms with E-state index in [0.717, 1.165) is 18.4 Å². The van der Waals surface area contributed by atoms with E-state index in [2.05, 4.69) is 32.8 Å². The molecule has 2 aromatic carbocycles. The molecule has 0 radical (unpaired) electrons. The standard InChI is InChI=1S/C21H19N5O3/c22-21(20-23-25-26-24-20)19(28-17-6-1-2-7-18(17)29-21)16(27)11-9-13-8-10-14-4-3-5-15(14)12-13/h1-2,6-12,19H,3-5,22H2,(H,23,24,25,26). The molecule has 8 heteroatoms. The van der Waals surface area contributed by atoms with E-state index < -0.39 is 11.8 Å². The van der Waals surface area contributed by atoms with Crippen LogP contribution in [0.1, 0.15) is 28.9 Å². The molecule has 3 N–H and O–H groups in total. The highest BCUT2D eigenvalue weighted by atomic mass is 16.6. The van der Waals surface area contributed by atoms with E-state index in [1.807, 2.05) is 6.07 Å². The molecule has 0 saturated carbocycles. The second kappa shape index (κ2) is 6.82. The number of H-pyrrole nitrogens is 1. The number of tetrazole rings is 1. The highest BCUT2D eigenvalue weighted by molar-refractivity contribution is 5.98. The first-order chi connectivity index (χ1) is 14.1. The number of nitrogens with two attached hydrogens (primary N) is 1. The highest BCUT2D eigenvalue weighted by Crippen LogP contribution is 2.39. The molecule has 3 aromatic rings. The van der Waals surface area contributed by atoms with Gasteiger partial charge in [0.1, 0.15) is 0 Å². The number of hydrogen-bond acceptors (Lipinski definition) is 7. The van der Waals surface area contributed by atoms with Gasteiger partial charge >= 0.3 is 0 Å². The molecule has 1 aromatic heterocycles. The lowest BCUT2D eigenvalue weighted by molar-refractivity contribution is -0.138. The van der Waals surface area contributed by atoms with Crippen LogP contribution in [-0.4, -0.2) is 32.5 Å². The van der Waals surface area contributed by atoms with Crippen LogP contribution in [0.25, 0.3) is 6.08 Å². The minimum Gasteiger partial charge on any atom is -0.472 e. The molecule has 2 heterocycles. The smallest absolute Gasteiger partial charge is 0.265 e. The Kier molecular flexibility index (Phi) is 4.13. The van der Waals surface area contributed by atoms with Crippen LogP contribution < -0.4 is 15.2 Å². The zero-order valence-electron chi connectivity index (χ0n) is 15.5. The summed E-state index contributed by atoms with van der Waals surface area (Å²) in [5.41, 5.74) is 8.45. The second-order valence-corrected chi connectivity index (χ2v) is 7.21. The molecule has 8 nitrogen and oxygen atoms in total. The largest absolute Gasteiger partial charge is 0.472 e. The summed E-state index contributed by atoms with van der Waals surface area (Å²) in [4.78, 5) is 13.1. The normalized spacial score (nSPS) is 22.6. The molecule has 2 unspecified atom stereocenters. The SMILES string of the molecule is NC1(c2nnn[nH]2)Oc2ccccc2OC1C(=O)C=Cc1ccc2c(c1)CCC2. The van der Waals surface area contributed by atoms with Gasteiger partial charge in [-0.2, -0.15) is 0 Å². The van der Waals surface area contributed by atoms with E-state index in [1.54, 1.807) is 30.3 Å². The summed E-state index contributed by atoms with van der Waals surface area (Å²) in [7, 11) is 0. The number of benzene rings is 2. The van der Waals surface area contributed by atoms with Gasteiger partial charge in [-0.3, -0.25) is 10.5 Å². The number of carbonyl (C=O) groups is 1. The van der Waals surface area contributed by atoms with Gasteiger partial charge in [-0.15, -0.1) is 5.10 Å². The van der Waals surface area contributed by atoms with Crippen molar-refractivity contribution < 1.29 is 14.3 Å². The maximum Gasteiger partial charge on any atom is 0.265 e. The van der Waals surface area contributed by atoms with E-state index in [1.165, 1.54) is 23.6 Å². The van der Waals surface area contributed by atoms with E-state index in [4.69, 9.17) is 15.2 Å². The number of aromatic nitrogens is 4. The fourth-order valence-electron chi connectivity index (χ4n) is 3.81. The average molecular weight is 389 g/mol. The third kappa shape index (κ3) is 3.07. The zero-order valence-corrected chi connectivity index (χ0v) is 15.5. The topological polar surface area (TPSA) is 116 Å².